The van der Waals surface area contributed by atoms with Gasteiger partial charge in [0.15, 0.2) is 5.69 Å². The van der Waals surface area contributed by atoms with E-state index in [0.717, 1.165) is 20.7 Å². The summed E-state index contributed by atoms with van der Waals surface area (Å²) in [5.74, 6) is -0.143. The summed E-state index contributed by atoms with van der Waals surface area (Å²) in [7, 11) is 0. The van der Waals surface area contributed by atoms with Crippen LogP contribution in [0.15, 0.2) is 15.6 Å². The third kappa shape index (κ3) is 2.27. The number of aromatic nitrogens is 1. The molecule has 0 bridgehead atoms. The molecule has 0 amide bonds. The van der Waals surface area contributed by atoms with E-state index in [-0.39, 0.29) is 5.69 Å². The van der Waals surface area contributed by atoms with E-state index in [2.05, 4.69) is 20.9 Å². The molecule has 0 fully saturated rings. The number of hydrogen-bond donors (Lipinski definition) is 1. The number of rotatable bonds is 3. The molecular formula is C9H10BrNO2S. The van der Waals surface area contributed by atoms with Gasteiger partial charge in [0.1, 0.15) is 0 Å². The second-order valence-electron chi connectivity index (χ2n) is 2.65. The Morgan fingerprint density at radius 2 is 2.36 bits per heavy atom. The fraction of sp³-hybridized carbons (Fsp3) is 0.333. The predicted molar refractivity (Wildman–Crippen MR) is 60.0 cm³/mol. The number of nitrogens with zero attached hydrogens (tertiary/aromatic N) is 1. The normalized spacial score (nSPS) is 10.2. The number of hydrogen-bond acceptors (Lipinski definition) is 3. The van der Waals surface area contributed by atoms with Crippen molar-refractivity contribution in [1.29, 1.82) is 0 Å². The van der Waals surface area contributed by atoms with Crippen LogP contribution in [0.5, 0.6) is 0 Å². The molecule has 0 aliphatic rings. The van der Waals surface area contributed by atoms with Crippen LogP contribution in [0.1, 0.15) is 23.0 Å². The first-order valence-electron chi connectivity index (χ1n) is 4.09. The molecule has 0 aliphatic carbocycles. The number of halogens is 1. The van der Waals surface area contributed by atoms with Crippen LogP contribution in [0.3, 0.4) is 0 Å². The Kier molecular flexibility index (Phi) is 3.95. The standard InChI is InChI=1S/C9H10BrNO2S/c1-3-14-8-5(2)6(10)4-11-7(8)9(12)13/h4H,3H2,1-2H3,(H,12,13). The zero-order valence-corrected chi connectivity index (χ0v) is 10.3. The Hall–Kier alpha value is -0.550. The van der Waals surface area contributed by atoms with Crippen LogP contribution in [-0.2, 0) is 0 Å². The van der Waals surface area contributed by atoms with Gasteiger partial charge in [-0.25, -0.2) is 9.78 Å². The van der Waals surface area contributed by atoms with E-state index in [0.29, 0.717) is 0 Å². The Balaban J connectivity index is 3.29. The topological polar surface area (TPSA) is 50.2 Å². The number of aromatic carboxylic acids is 1. The van der Waals surface area contributed by atoms with E-state index in [4.69, 9.17) is 5.11 Å². The molecule has 76 valence electrons. The summed E-state index contributed by atoms with van der Waals surface area (Å²) in [6, 6.07) is 0. The first-order valence-corrected chi connectivity index (χ1v) is 5.87. The summed E-state index contributed by atoms with van der Waals surface area (Å²) >= 11 is 4.83. The summed E-state index contributed by atoms with van der Waals surface area (Å²) in [4.78, 5) is 15.5. The smallest absolute Gasteiger partial charge is 0.355 e. The minimum absolute atomic E-state index is 0.137. The van der Waals surface area contributed by atoms with Crippen LogP contribution < -0.4 is 0 Å². The van der Waals surface area contributed by atoms with Crippen molar-refractivity contribution >= 4 is 33.7 Å². The minimum atomic E-state index is -0.975. The van der Waals surface area contributed by atoms with E-state index in [1.807, 2.05) is 13.8 Å². The summed E-state index contributed by atoms with van der Waals surface area (Å²) in [6.07, 6.45) is 1.53. The van der Waals surface area contributed by atoms with Gasteiger partial charge in [-0.1, -0.05) is 6.92 Å². The van der Waals surface area contributed by atoms with Gasteiger partial charge in [0.05, 0.1) is 0 Å². The average molecular weight is 276 g/mol. The molecule has 0 saturated heterocycles. The largest absolute Gasteiger partial charge is 0.476 e. The van der Waals surface area contributed by atoms with Gasteiger partial charge in [-0.3, -0.25) is 0 Å². The molecule has 1 aromatic rings. The third-order valence-electron chi connectivity index (χ3n) is 1.71. The minimum Gasteiger partial charge on any atom is -0.476 e. The monoisotopic (exact) mass is 275 g/mol. The lowest BCUT2D eigenvalue weighted by molar-refractivity contribution is 0.0686. The SMILES string of the molecule is CCSc1c(C(=O)O)ncc(Br)c1C. The highest BCUT2D eigenvalue weighted by atomic mass is 79.9. The number of carboxylic acid groups (broad SMARTS) is 1. The molecule has 1 rings (SSSR count). The maximum atomic E-state index is 10.9. The molecule has 0 aliphatic heterocycles. The van der Waals surface area contributed by atoms with Gasteiger partial charge in [-0.2, -0.15) is 0 Å². The molecule has 1 N–H and O–H groups in total. The summed E-state index contributed by atoms with van der Waals surface area (Å²) in [5, 5.41) is 8.92. The van der Waals surface area contributed by atoms with Crippen molar-refractivity contribution < 1.29 is 9.90 Å². The fourth-order valence-electron chi connectivity index (χ4n) is 1.04. The van der Waals surface area contributed by atoms with Gasteiger partial charge in [0.2, 0.25) is 0 Å². The van der Waals surface area contributed by atoms with E-state index in [1.165, 1.54) is 18.0 Å². The average Bonchev–Trinajstić information content (AvgIpc) is 2.13. The van der Waals surface area contributed by atoms with E-state index in [9.17, 15) is 4.79 Å². The Morgan fingerprint density at radius 1 is 1.71 bits per heavy atom. The molecule has 1 heterocycles. The third-order valence-corrected chi connectivity index (χ3v) is 3.59. The zero-order chi connectivity index (χ0) is 10.7. The molecule has 5 heteroatoms. The van der Waals surface area contributed by atoms with Crippen LogP contribution in [-0.4, -0.2) is 21.8 Å². The van der Waals surface area contributed by atoms with Crippen molar-refractivity contribution in [3.8, 4) is 0 Å². The molecule has 14 heavy (non-hydrogen) atoms. The van der Waals surface area contributed by atoms with E-state index >= 15 is 0 Å². The molecule has 0 atom stereocenters. The number of pyridine rings is 1. The summed E-state index contributed by atoms with van der Waals surface area (Å²) < 4.78 is 0.846. The Morgan fingerprint density at radius 3 is 2.86 bits per heavy atom. The van der Waals surface area contributed by atoms with Crippen LogP contribution in [0.25, 0.3) is 0 Å². The lowest BCUT2D eigenvalue weighted by Gasteiger charge is -2.08. The lowest BCUT2D eigenvalue weighted by Crippen LogP contribution is -2.04. The number of thioether (sulfide) groups is 1. The Labute approximate surface area is 95.1 Å². The molecule has 0 saturated carbocycles. The maximum Gasteiger partial charge on any atom is 0.355 e. The van der Waals surface area contributed by atoms with Crippen molar-refractivity contribution in [2.75, 3.05) is 5.75 Å². The highest BCUT2D eigenvalue weighted by molar-refractivity contribution is 9.10. The quantitative estimate of drug-likeness (QED) is 0.862. The van der Waals surface area contributed by atoms with Crippen molar-refractivity contribution in [1.82, 2.24) is 4.98 Å². The molecule has 0 spiro atoms. The molecule has 0 radical (unpaired) electrons. The second kappa shape index (κ2) is 4.79. The highest BCUT2D eigenvalue weighted by Crippen LogP contribution is 2.29. The molecule has 1 aromatic heterocycles. The van der Waals surface area contributed by atoms with Gasteiger partial charge in [-0.05, 0) is 34.2 Å². The van der Waals surface area contributed by atoms with Crippen molar-refractivity contribution in [2.45, 2.75) is 18.7 Å². The van der Waals surface area contributed by atoms with E-state index in [1.54, 1.807) is 0 Å². The van der Waals surface area contributed by atoms with Crippen molar-refractivity contribution in [3.05, 3.63) is 21.9 Å². The first-order chi connectivity index (χ1) is 6.57. The zero-order valence-electron chi connectivity index (χ0n) is 7.87. The first kappa shape index (κ1) is 11.5. The number of carboxylic acids is 1. The number of carbonyl (C=O) groups is 1. The van der Waals surface area contributed by atoms with Gasteiger partial charge >= 0.3 is 5.97 Å². The van der Waals surface area contributed by atoms with Crippen LogP contribution in [0, 0.1) is 6.92 Å². The fourth-order valence-corrected chi connectivity index (χ4v) is 2.36. The van der Waals surface area contributed by atoms with Gasteiger partial charge in [-0.15, -0.1) is 11.8 Å². The van der Waals surface area contributed by atoms with Gasteiger partial charge in [0, 0.05) is 15.6 Å². The molecule has 0 unspecified atom stereocenters. The lowest BCUT2D eigenvalue weighted by atomic mass is 10.2. The van der Waals surface area contributed by atoms with Crippen molar-refractivity contribution in [3.63, 3.8) is 0 Å². The molecular weight excluding hydrogens is 266 g/mol. The highest BCUT2D eigenvalue weighted by Gasteiger charge is 2.15. The molecule has 3 nitrogen and oxygen atoms in total. The van der Waals surface area contributed by atoms with Crippen LogP contribution in [0.2, 0.25) is 0 Å². The van der Waals surface area contributed by atoms with Gasteiger partial charge < -0.3 is 5.11 Å². The second-order valence-corrected chi connectivity index (χ2v) is 4.78. The summed E-state index contributed by atoms with van der Waals surface area (Å²) in [6.45, 7) is 3.87. The van der Waals surface area contributed by atoms with Crippen LogP contribution >= 0.6 is 27.7 Å². The molecule has 0 aromatic carbocycles. The van der Waals surface area contributed by atoms with Crippen LogP contribution in [0.4, 0.5) is 0 Å². The maximum absolute atomic E-state index is 10.9. The summed E-state index contributed by atoms with van der Waals surface area (Å²) in [5.41, 5.74) is 1.07. The Bertz CT molecular complexity index is 368. The van der Waals surface area contributed by atoms with E-state index < -0.39 is 5.97 Å². The van der Waals surface area contributed by atoms with Gasteiger partial charge in [0.25, 0.3) is 0 Å². The predicted octanol–water partition coefficient (Wildman–Crippen LogP) is 2.96. The van der Waals surface area contributed by atoms with Crippen molar-refractivity contribution in [2.24, 2.45) is 0 Å².